The highest BCUT2D eigenvalue weighted by Gasteiger charge is 2.37. The summed E-state index contributed by atoms with van der Waals surface area (Å²) in [6.45, 7) is 2.14. The van der Waals surface area contributed by atoms with Gasteiger partial charge in [-0.25, -0.2) is 9.59 Å². The van der Waals surface area contributed by atoms with Gasteiger partial charge in [-0.05, 0) is 19.1 Å². The minimum absolute atomic E-state index is 0.305. The van der Waals surface area contributed by atoms with Gasteiger partial charge < -0.3 is 9.84 Å². The summed E-state index contributed by atoms with van der Waals surface area (Å²) < 4.78 is 5.17. The van der Waals surface area contributed by atoms with E-state index in [1.54, 1.807) is 24.3 Å². The first-order valence-electron chi connectivity index (χ1n) is 6.02. The molecule has 19 heavy (non-hydrogen) atoms. The third-order valence-corrected chi connectivity index (χ3v) is 3.08. The first-order valence-corrected chi connectivity index (χ1v) is 6.02. The number of hydrogen-bond donors (Lipinski definition) is 1. The number of rotatable bonds is 2. The molecule has 1 fully saturated rings. The fraction of sp³-hybridized carbons (Fsp3) is 0.286. The van der Waals surface area contributed by atoms with Crippen molar-refractivity contribution in [3.63, 3.8) is 0 Å². The molecule has 0 bridgehead atoms. The number of nitrogens with zero attached hydrogens (tertiary/aromatic N) is 1. The lowest BCUT2D eigenvalue weighted by molar-refractivity contribution is -0.141. The third kappa shape index (κ3) is 2.93. The van der Waals surface area contributed by atoms with Gasteiger partial charge in [0.05, 0.1) is 0 Å². The van der Waals surface area contributed by atoms with E-state index in [0.29, 0.717) is 18.7 Å². The minimum Gasteiger partial charge on any atom is -0.480 e. The van der Waals surface area contributed by atoms with Crippen LogP contribution < -0.4 is 4.74 Å². The highest BCUT2D eigenvalue weighted by Crippen LogP contribution is 2.24. The number of hydrogen-bond acceptors (Lipinski definition) is 3. The lowest BCUT2D eigenvalue weighted by Gasteiger charge is -2.20. The van der Waals surface area contributed by atoms with Gasteiger partial charge in [0.15, 0.2) is 0 Å². The van der Waals surface area contributed by atoms with Crippen molar-refractivity contribution in [2.24, 2.45) is 0 Å². The summed E-state index contributed by atoms with van der Waals surface area (Å²) in [5, 5.41) is 9.14. The molecule has 5 nitrogen and oxygen atoms in total. The molecule has 1 saturated heterocycles. The van der Waals surface area contributed by atoms with Gasteiger partial charge in [-0.15, -0.1) is 0 Å². The minimum atomic E-state index is -1.01. The van der Waals surface area contributed by atoms with Crippen LogP contribution in [0.15, 0.2) is 42.0 Å². The zero-order valence-electron chi connectivity index (χ0n) is 10.6. The highest BCUT2D eigenvalue weighted by atomic mass is 16.6. The molecule has 1 amide bonds. The topological polar surface area (TPSA) is 66.8 Å². The van der Waals surface area contributed by atoms with E-state index in [2.05, 4.69) is 0 Å². The molecule has 1 atom stereocenters. The Kier molecular flexibility index (Phi) is 3.85. The SMILES string of the molecule is C/C=C1\C[C@@H](C(=O)O)N(C(=O)Oc2ccccc2)C1. The average molecular weight is 261 g/mol. The zero-order valence-corrected chi connectivity index (χ0v) is 10.6. The molecule has 1 aromatic carbocycles. The summed E-state index contributed by atoms with van der Waals surface area (Å²) in [5.74, 6) is -0.604. The molecule has 1 aliphatic heterocycles. The molecule has 1 aliphatic rings. The first-order chi connectivity index (χ1) is 9.11. The summed E-state index contributed by atoms with van der Waals surface area (Å²) in [7, 11) is 0. The Balaban J connectivity index is 2.11. The second-order valence-electron chi connectivity index (χ2n) is 4.31. The van der Waals surface area contributed by atoms with Crippen molar-refractivity contribution in [2.75, 3.05) is 6.54 Å². The van der Waals surface area contributed by atoms with E-state index < -0.39 is 18.1 Å². The van der Waals surface area contributed by atoms with Gasteiger partial charge in [0.1, 0.15) is 11.8 Å². The van der Waals surface area contributed by atoms with Crippen LogP contribution in [-0.2, 0) is 4.79 Å². The molecule has 1 heterocycles. The molecule has 0 aromatic heterocycles. The van der Waals surface area contributed by atoms with Gasteiger partial charge in [-0.2, -0.15) is 0 Å². The van der Waals surface area contributed by atoms with E-state index >= 15 is 0 Å². The van der Waals surface area contributed by atoms with Gasteiger partial charge in [0.2, 0.25) is 0 Å². The number of benzene rings is 1. The fourth-order valence-electron chi connectivity index (χ4n) is 2.02. The Morgan fingerprint density at radius 2 is 2.05 bits per heavy atom. The summed E-state index contributed by atoms with van der Waals surface area (Å²) in [4.78, 5) is 24.4. The molecule has 100 valence electrons. The molecule has 0 radical (unpaired) electrons. The average Bonchev–Trinajstić information content (AvgIpc) is 2.84. The lowest BCUT2D eigenvalue weighted by atomic mass is 10.1. The van der Waals surface area contributed by atoms with Gasteiger partial charge in [-0.3, -0.25) is 4.90 Å². The van der Waals surface area contributed by atoms with Crippen LogP contribution in [0.3, 0.4) is 0 Å². The maximum atomic E-state index is 12.0. The second-order valence-corrected chi connectivity index (χ2v) is 4.31. The Morgan fingerprint density at radius 3 is 2.63 bits per heavy atom. The van der Waals surface area contributed by atoms with E-state index in [-0.39, 0.29) is 0 Å². The molecular formula is C14H15NO4. The number of aliphatic carboxylic acids is 1. The van der Waals surface area contributed by atoms with Crippen molar-refractivity contribution in [3.8, 4) is 5.75 Å². The van der Waals surface area contributed by atoms with Crippen LogP contribution in [0, 0.1) is 0 Å². The van der Waals surface area contributed by atoms with Crippen molar-refractivity contribution in [2.45, 2.75) is 19.4 Å². The Labute approximate surface area is 111 Å². The number of carboxylic acid groups (broad SMARTS) is 1. The number of ether oxygens (including phenoxy) is 1. The monoisotopic (exact) mass is 261 g/mol. The largest absolute Gasteiger partial charge is 0.480 e. The van der Waals surface area contributed by atoms with Crippen LogP contribution in [0.5, 0.6) is 5.75 Å². The third-order valence-electron chi connectivity index (χ3n) is 3.08. The van der Waals surface area contributed by atoms with E-state index in [1.165, 1.54) is 4.90 Å². The van der Waals surface area contributed by atoms with Gasteiger partial charge in [0, 0.05) is 13.0 Å². The van der Waals surface area contributed by atoms with Crippen molar-refractivity contribution in [1.82, 2.24) is 4.90 Å². The van der Waals surface area contributed by atoms with E-state index in [0.717, 1.165) is 5.57 Å². The number of carboxylic acids is 1. The maximum absolute atomic E-state index is 12.0. The smallest absolute Gasteiger partial charge is 0.416 e. The van der Waals surface area contributed by atoms with Crippen LogP contribution in [0.25, 0.3) is 0 Å². The van der Waals surface area contributed by atoms with Crippen molar-refractivity contribution in [1.29, 1.82) is 0 Å². The van der Waals surface area contributed by atoms with E-state index in [4.69, 9.17) is 9.84 Å². The van der Waals surface area contributed by atoms with Gasteiger partial charge >= 0.3 is 12.1 Å². The summed E-state index contributed by atoms with van der Waals surface area (Å²) in [5.41, 5.74) is 0.928. The molecule has 0 unspecified atom stereocenters. The second kappa shape index (κ2) is 5.56. The normalized spacial score (nSPS) is 20.6. The number of carbonyl (C=O) groups excluding carboxylic acids is 1. The summed E-state index contributed by atoms with van der Waals surface area (Å²) >= 11 is 0. The molecule has 0 saturated carbocycles. The van der Waals surface area contributed by atoms with Crippen LogP contribution in [0.1, 0.15) is 13.3 Å². The maximum Gasteiger partial charge on any atom is 0.416 e. The molecule has 2 rings (SSSR count). The molecule has 0 spiro atoms. The van der Waals surface area contributed by atoms with E-state index in [9.17, 15) is 9.59 Å². The molecule has 0 aliphatic carbocycles. The van der Waals surface area contributed by atoms with Crippen molar-refractivity contribution in [3.05, 3.63) is 42.0 Å². The number of carbonyl (C=O) groups is 2. The molecule has 5 heteroatoms. The van der Waals surface area contributed by atoms with Crippen LogP contribution in [-0.4, -0.2) is 34.7 Å². The number of amides is 1. The molecular weight excluding hydrogens is 246 g/mol. The van der Waals surface area contributed by atoms with Gasteiger partial charge in [0.25, 0.3) is 0 Å². The Hall–Kier alpha value is -2.30. The highest BCUT2D eigenvalue weighted by molar-refractivity contribution is 5.82. The quantitative estimate of drug-likeness (QED) is 0.829. The molecule has 1 aromatic rings. The first kappa shape index (κ1) is 13.1. The molecule has 1 N–H and O–H groups in total. The predicted octanol–water partition coefficient (Wildman–Crippen LogP) is 2.29. The van der Waals surface area contributed by atoms with Crippen LogP contribution in [0.4, 0.5) is 4.79 Å². The number of likely N-dealkylation sites (tertiary alicyclic amines) is 1. The van der Waals surface area contributed by atoms with E-state index in [1.807, 2.05) is 19.1 Å². The predicted molar refractivity (Wildman–Crippen MR) is 69.0 cm³/mol. The van der Waals surface area contributed by atoms with Gasteiger partial charge in [-0.1, -0.05) is 29.8 Å². The fourth-order valence-corrected chi connectivity index (χ4v) is 2.02. The number of allylic oxidation sites excluding steroid dienone is 1. The van der Waals surface area contributed by atoms with Crippen molar-refractivity contribution < 1.29 is 19.4 Å². The van der Waals surface area contributed by atoms with Crippen molar-refractivity contribution >= 4 is 12.1 Å². The standard InChI is InChI=1S/C14H15NO4/c1-2-10-8-12(13(16)17)15(9-10)14(18)19-11-6-4-3-5-7-11/h2-7,12H,8-9H2,1H3,(H,16,17)/b10-2+/t12-/m0/s1. The van der Waals surface area contributed by atoms with Crippen LogP contribution >= 0.6 is 0 Å². The van der Waals surface area contributed by atoms with Crippen LogP contribution in [0.2, 0.25) is 0 Å². The Bertz CT molecular complexity index is 509. The Morgan fingerprint density at radius 1 is 1.37 bits per heavy atom. The zero-order chi connectivity index (χ0) is 13.8. The number of para-hydroxylation sites is 1. The summed E-state index contributed by atoms with van der Waals surface area (Å²) in [6, 6.07) is 7.77. The lowest BCUT2D eigenvalue weighted by Crippen LogP contribution is -2.41. The summed E-state index contributed by atoms with van der Waals surface area (Å²) in [6.07, 6.45) is 1.57.